The van der Waals surface area contributed by atoms with Crippen molar-refractivity contribution in [2.45, 2.75) is 12.5 Å². The van der Waals surface area contributed by atoms with Crippen LogP contribution >= 0.6 is 0 Å². The molecule has 1 unspecified atom stereocenters. The van der Waals surface area contributed by atoms with Gasteiger partial charge in [-0.3, -0.25) is 9.78 Å². The lowest BCUT2D eigenvalue weighted by Crippen LogP contribution is -2.39. The Balaban J connectivity index is 1.98. The number of carbonyl (C=O) groups is 1. The first-order chi connectivity index (χ1) is 9.29. The maximum absolute atomic E-state index is 12.0. The summed E-state index contributed by atoms with van der Waals surface area (Å²) in [6.07, 6.45) is 3.74. The molecule has 2 N–H and O–H groups in total. The van der Waals surface area contributed by atoms with Gasteiger partial charge < -0.3 is 10.4 Å². The van der Waals surface area contributed by atoms with Crippen LogP contribution in [0.15, 0.2) is 54.9 Å². The van der Waals surface area contributed by atoms with Crippen molar-refractivity contribution in [3.63, 3.8) is 0 Å². The Morgan fingerprint density at radius 2 is 1.84 bits per heavy atom. The summed E-state index contributed by atoms with van der Waals surface area (Å²) in [5.74, 6) is -0.197. The SMILES string of the molecule is O=C(NC(CO)Cc1ccccc1)c1ccncc1. The van der Waals surface area contributed by atoms with Crippen LogP contribution in [0.2, 0.25) is 0 Å². The topological polar surface area (TPSA) is 62.2 Å². The van der Waals surface area contributed by atoms with Crippen LogP contribution in [0, 0.1) is 0 Å². The van der Waals surface area contributed by atoms with E-state index in [4.69, 9.17) is 0 Å². The van der Waals surface area contributed by atoms with Gasteiger partial charge in [-0.1, -0.05) is 30.3 Å². The van der Waals surface area contributed by atoms with Gasteiger partial charge in [0.1, 0.15) is 0 Å². The van der Waals surface area contributed by atoms with Gasteiger partial charge in [0.25, 0.3) is 5.91 Å². The molecule has 0 bridgehead atoms. The number of rotatable bonds is 5. The molecular formula is C15H16N2O2. The van der Waals surface area contributed by atoms with E-state index >= 15 is 0 Å². The molecule has 0 saturated carbocycles. The lowest BCUT2D eigenvalue weighted by Gasteiger charge is -2.16. The number of pyridine rings is 1. The number of aliphatic hydroxyl groups excluding tert-OH is 1. The second kappa shape index (κ2) is 6.66. The molecule has 1 aromatic heterocycles. The van der Waals surface area contributed by atoms with Crippen LogP contribution < -0.4 is 5.32 Å². The van der Waals surface area contributed by atoms with Crippen molar-refractivity contribution >= 4 is 5.91 Å². The van der Waals surface area contributed by atoms with Crippen LogP contribution in [0.1, 0.15) is 15.9 Å². The largest absolute Gasteiger partial charge is 0.394 e. The second-order valence-electron chi connectivity index (χ2n) is 4.28. The maximum Gasteiger partial charge on any atom is 0.251 e. The third-order valence-corrected chi connectivity index (χ3v) is 2.82. The van der Waals surface area contributed by atoms with Crippen molar-refractivity contribution in [1.29, 1.82) is 0 Å². The highest BCUT2D eigenvalue weighted by Crippen LogP contribution is 2.04. The molecule has 2 rings (SSSR count). The van der Waals surface area contributed by atoms with Gasteiger partial charge in [-0.25, -0.2) is 0 Å². The molecule has 1 aromatic carbocycles. The van der Waals surface area contributed by atoms with Crippen molar-refractivity contribution in [3.8, 4) is 0 Å². The Hall–Kier alpha value is -2.20. The van der Waals surface area contributed by atoms with Crippen LogP contribution in [-0.2, 0) is 6.42 Å². The lowest BCUT2D eigenvalue weighted by atomic mass is 10.1. The maximum atomic E-state index is 12.0. The van der Waals surface area contributed by atoms with Gasteiger partial charge in [-0.05, 0) is 24.1 Å². The summed E-state index contributed by atoms with van der Waals surface area (Å²) < 4.78 is 0. The number of nitrogens with one attached hydrogen (secondary N) is 1. The molecule has 0 aliphatic carbocycles. The van der Waals surface area contributed by atoms with E-state index in [1.54, 1.807) is 24.5 Å². The molecule has 98 valence electrons. The number of carbonyl (C=O) groups excluding carboxylic acids is 1. The molecule has 1 heterocycles. The molecule has 0 aliphatic heterocycles. The van der Waals surface area contributed by atoms with E-state index in [-0.39, 0.29) is 18.6 Å². The Labute approximate surface area is 112 Å². The van der Waals surface area contributed by atoms with Gasteiger partial charge >= 0.3 is 0 Å². The van der Waals surface area contributed by atoms with E-state index in [2.05, 4.69) is 10.3 Å². The van der Waals surface area contributed by atoms with Crippen molar-refractivity contribution in [1.82, 2.24) is 10.3 Å². The van der Waals surface area contributed by atoms with Gasteiger partial charge in [0.15, 0.2) is 0 Å². The number of benzene rings is 1. The van der Waals surface area contributed by atoms with Crippen molar-refractivity contribution in [3.05, 3.63) is 66.0 Å². The Bertz CT molecular complexity index is 514. The normalized spacial score (nSPS) is 11.8. The zero-order chi connectivity index (χ0) is 13.5. The minimum Gasteiger partial charge on any atom is -0.394 e. The van der Waals surface area contributed by atoms with E-state index in [9.17, 15) is 9.90 Å². The molecule has 2 aromatic rings. The number of amides is 1. The van der Waals surface area contributed by atoms with Crippen LogP contribution in [0.5, 0.6) is 0 Å². The number of aromatic nitrogens is 1. The van der Waals surface area contributed by atoms with E-state index in [0.717, 1.165) is 5.56 Å². The molecule has 1 atom stereocenters. The molecule has 4 nitrogen and oxygen atoms in total. The molecule has 0 fully saturated rings. The fraction of sp³-hybridized carbons (Fsp3) is 0.200. The highest BCUT2D eigenvalue weighted by molar-refractivity contribution is 5.94. The fourth-order valence-corrected chi connectivity index (χ4v) is 1.83. The van der Waals surface area contributed by atoms with Crippen LogP contribution in [0.3, 0.4) is 0 Å². The van der Waals surface area contributed by atoms with Gasteiger partial charge in [-0.2, -0.15) is 0 Å². The van der Waals surface area contributed by atoms with Gasteiger partial charge in [-0.15, -0.1) is 0 Å². The molecule has 1 amide bonds. The van der Waals surface area contributed by atoms with Crippen LogP contribution in [0.25, 0.3) is 0 Å². The first kappa shape index (κ1) is 13.2. The fourth-order valence-electron chi connectivity index (χ4n) is 1.83. The summed E-state index contributed by atoms with van der Waals surface area (Å²) in [7, 11) is 0. The van der Waals surface area contributed by atoms with Crippen molar-refractivity contribution in [2.24, 2.45) is 0 Å². The standard InChI is InChI=1S/C15H16N2O2/c18-11-14(10-12-4-2-1-3-5-12)17-15(19)13-6-8-16-9-7-13/h1-9,14,18H,10-11H2,(H,17,19). The van der Waals surface area contributed by atoms with E-state index in [1.165, 1.54) is 0 Å². The Morgan fingerprint density at radius 3 is 2.47 bits per heavy atom. The van der Waals surface area contributed by atoms with Crippen LogP contribution in [-0.4, -0.2) is 28.6 Å². The van der Waals surface area contributed by atoms with Gasteiger partial charge in [0.2, 0.25) is 0 Å². The van der Waals surface area contributed by atoms with E-state index in [0.29, 0.717) is 12.0 Å². The summed E-state index contributed by atoms with van der Waals surface area (Å²) in [4.78, 5) is 15.8. The predicted octanol–water partition coefficient (Wildman–Crippen LogP) is 1.41. The molecule has 0 radical (unpaired) electrons. The number of nitrogens with zero attached hydrogens (tertiary/aromatic N) is 1. The summed E-state index contributed by atoms with van der Waals surface area (Å²) in [5.41, 5.74) is 1.62. The second-order valence-corrected chi connectivity index (χ2v) is 4.28. The molecule has 0 aliphatic rings. The first-order valence-electron chi connectivity index (χ1n) is 6.15. The summed E-state index contributed by atoms with van der Waals surface area (Å²) in [6, 6.07) is 12.8. The molecular weight excluding hydrogens is 240 g/mol. The average Bonchev–Trinajstić information content (AvgIpc) is 2.48. The monoisotopic (exact) mass is 256 g/mol. The van der Waals surface area contributed by atoms with E-state index < -0.39 is 0 Å². The third kappa shape index (κ3) is 3.89. The minimum absolute atomic E-state index is 0.0915. The van der Waals surface area contributed by atoms with Crippen LogP contribution in [0.4, 0.5) is 0 Å². The molecule has 0 saturated heterocycles. The highest BCUT2D eigenvalue weighted by Gasteiger charge is 2.13. The van der Waals surface area contributed by atoms with Gasteiger partial charge in [0, 0.05) is 18.0 Å². The molecule has 0 spiro atoms. The zero-order valence-electron chi connectivity index (χ0n) is 10.5. The number of aliphatic hydroxyl groups is 1. The zero-order valence-corrected chi connectivity index (χ0v) is 10.5. The minimum atomic E-state index is -0.289. The molecule has 4 heteroatoms. The summed E-state index contributed by atoms with van der Waals surface area (Å²) in [6.45, 7) is -0.0915. The quantitative estimate of drug-likeness (QED) is 0.850. The van der Waals surface area contributed by atoms with E-state index in [1.807, 2.05) is 30.3 Å². The number of hydrogen-bond acceptors (Lipinski definition) is 3. The summed E-state index contributed by atoms with van der Waals surface area (Å²) in [5, 5.41) is 12.2. The highest BCUT2D eigenvalue weighted by atomic mass is 16.3. The smallest absolute Gasteiger partial charge is 0.251 e. The number of hydrogen-bond donors (Lipinski definition) is 2. The average molecular weight is 256 g/mol. The first-order valence-corrected chi connectivity index (χ1v) is 6.15. The van der Waals surface area contributed by atoms with Gasteiger partial charge in [0.05, 0.1) is 12.6 Å². The van der Waals surface area contributed by atoms with Crippen molar-refractivity contribution < 1.29 is 9.90 Å². The Kier molecular flexibility index (Phi) is 4.64. The summed E-state index contributed by atoms with van der Waals surface area (Å²) >= 11 is 0. The Morgan fingerprint density at radius 1 is 1.16 bits per heavy atom. The molecule has 19 heavy (non-hydrogen) atoms. The predicted molar refractivity (Wildman–Crippen MR) is 72.7 cm³/mol. The lowest BCUT2D eigenvalue weighted by molar-refractivity contribution is 0.0916. The van der Waals surface area contributed by atoms with Crippen molar-refractivity contribution in [2.75, 3.05) is 6.61 Å². The third-order valence-electron chi connectivity index (χ3n) is 2.82.